The number of hydrogen-bond acceptors (Lipinski definition) is 5. The summed E-state index contributed by atoms with van der Waals surface area (Å²) in [6.07, 6.45) is 7.76. The van der Waals surface area contributed by atoms with Gasteiger partial charge in [0.1, 0.15) is 5.82 Å². The highest BCUT2D eigenvalue weighted by molar-refractivity contribution is 5.76. The number of anilines is 2. The van der Waals surface area contributed by atoms with Crippen LogP contribution in [0, 0.1) is 0 Å². The molecule has 0 spiro atoms. The Hall–Kier alpha value is -2.63. The monoisotopic (exact) mass is 339 g/mol. The summed E-state index contributed by atoms with van der Waals surface area (Å²) in [5, 5.41) is 3.50. The first-order valence-electron chi connectivity index (χ1n) is 8.86. The van der Waals surface area contributed by atoms with E-state index >= 15 is 0 Å². The van der Waals surface area contributed by atoms with Gasteiger partial charge in [-0.3, -0.25) is 9.78 Å². The molecular weight excluding hydrogens is 314 g/mol. The van der Waals surface area contributed by atoms with Crippen molar-refractivity contribution in [3.8, 4) is 0 Å². The van der Waals surface area contributed by atoms with Gasteiger partial charge >= 0.3 is 0 Å². The normalized spacial score (nSPS) is 17.8. The molecule has 0 aromatic carbocycles. The number of amides is 1. The second-order valence-electron chi connectivity index (χ2n) is 6.45. The van der Waals surface area contributed by atoms with Crippen LogP contribution in [-0.2, 0) is 11.2 Å². The van der Waals surface area contributed by atoms with E-state index in [1.165, 1.54) is 0 Å². The van der Waals surface area contributed by atoms with Gasteiger partial charge < -0.3 is 16.0 Å². The maximum atomic E-state index is 12.5. The molecule has 6 nitrogen and oxygen atoms in total. The number of rotatable bonds is 5. The average Bonchev–Trinajstić information content (AvgIpc) is 2.88. The topological polar surface area (TPSA) is 84.1 Å². The van der Waals surface area contributed by atoms with Gasteiger partial charge in [0, 0.05) is 37.4 Å². The standard InChI is InChI=1S/C19H25N5O/c20-18-8-6-17(14-22-18)23-16-5-3-12-24(13-10-16)19(25)9-7-15-4-1-2-11-21-15/h1-2,4,6,8,11,14,16,23H,3,5,7,9-10,12-13H2,(H2,20,22)/t16-/m1/s1. The molecule has 3 heterocycles. The zero-order valence-corrected chi connectivity index (χ0v) is 14.4. The molecule has 1 atom stereocenters. The average molecular weight is 339 g/mol. The highest BCUT2D eigenvalue weighted by Gasteiger charge is 2.20. The number of hydrogen-bond donors (Lipinski definition) is 2. The third kappa shape index (κ3) is 5.17. The fourth-order valence-electron chi connectivity index (χ4n) is 3.16. The summed E-state index contributed by atoms with van der Waals surface area (Å²) in [6.45, 7) is 1.63. The molecule has 1 fully saturated rings. The summed E-state index contributed by atoms with van der Waals surface area (Å²) in [5.41, 5.74) is 7.57. The maximum Gasteiger partial charge on any atom is 0.222 e. The zero-order valence-electron chi connectivity index (χ0n) is 14.4. The van der Waals surface area contributed by atoms with Crippen LogP contribution in [0.25, 0.3) is 0 Å². The van der Waals surface area contributed by atoms with Gasteiger partial charge in [0.15, 0.2) is 0 Å². The number of nitrogens with zero attached hydrogens (tertiary/aromatic N) is 3. The van der Waals surface area contributed by atoms with Crippen molar-refractivity contribution in [2.24, 2.45) is 0 Å². The SMILES string of the molecule is Nc1ccc(N[C@@H]2CCCN(C(=O)CCc3ccccn3)CC2)cn1. The van der Waals surface area contributed by atoms with Gasteiger partial charge in [0.05, 0.1) is 11.9 Å². The highest BCUT2D eigenvalue weighted by atomic mass is 16.2. The molecule has 0 aliphatic carbocycles. The Morgan fingerprint density at radius 3 is 2.88 bits per heavy atom. The Kier molecular flexibility index (Phi) is 5.82. The molecule has 0 radical (unpaired) electrons. The predicted octanol–water partition coefficient (Wildman–Crippen LogP) is 2.48. The Morgan fingerprint density at radius 1 is 1.20 bits per heavy atom. The van der Waals surface area contributed by atoms with Crippen molar-refractivity contribution in [2.75, 3.05) is 24.1 Å². The minimum atomic E-state index is 0.223. The Bertz CT molecular complexity index is 674. The van der Waals surface area contributed by atoms with Crippen molar-refractivity contribution in [1.82, 2.24) is 14.9 Å². The van der Waals surface area contributed by atoms with Gasteiger partial charge in [0.25, 0.3) is 0 Å². The number of carbonyl (C=O) groups is 1. The third-order valence-corrected chi connectivity index (χ3v) is 4.56. The van der Waals surface area contributed by atoms with Gasteiger partial charge in [-0.25, -0.2) is 4.98 Å². The summed E-state index contributed by atoms with van der Waals surface area (Å²) < 4.78 is 0. The summed E-state index contributed by atoms with van der Waals surface area (Å²) in [7, 11) is 0. The van der Waals surface area contributed by atoms with Gasteiger partial charge in [-0.05, 0) is 49.9 Å². The van der Waals surface area contributed by atoms with E-state index in [1.54, 1.807) is 18.5 Å². The van der Waals surface area contributed by atoms with E-state index in [1.807, 2.05) is 29.2 Å². The predicted molar refractivity (Wildman–Crippen MR) is 99.0 cm³/mol. The van der Waals surface area contributed by atoms with Crippen LogP contribution < -0.4 is 11.1 Å². The van der Waals surface area contributed by atoms with Crippen LogP contribution in [0.4, 0.5) is 11.5 Å². The van der Waals surface area contributed by atoms with Crippen LogP contribution in [0.3, 0.4) is 0 Å². The molecule has 25 heavy (non-hydrogen) atoms. The molecular formula is C19H25N5O. The van der Waals surface area contributed by atoms with Gasteiger partial charge in [0.2, 0.25) is 5.91 Å². The van der Waals surface area contributed by atoms with E-state index in [0.29, 0.717) is 24.7 Å². The quantitative estimate of drug-likeness (QED) is 0.874. The summed E-state index contributed by atoms with van der Waals surface area (Å²) in [4.78, 5) is 22.9. The largest absolute Gasteiger partial charge is 0.384 e. The molecule has 2 aromatic heterocycles. The first-order valence-corrected chi connectivity index (χ1v) is 8.86. The van der Waals surface area contributed by atoms with E-state index in [-0.39, 0.29) is 5.91 Å². The second kappa shape index (κ2) is 8.46. The third-order valence-electron chi connectivity index (χ3n) is 4.56. The molecule has 3 rings (SSSR count). The first kappa shape index (κ1) is 17.2. The number of carbonyl (C=O) groups excluding carboxylic acids is 1. The van der Waals surface area contributed by atoms with E-state index in [2.05, 4.69) is 15.3 Å². The van der Waals surface area contributed by atoms with Crippen molar-refractivity contribution < 1.29 is 4.79 Å². The fourth-order valence-corrected chi connectivity index (χ4v) is 3.16. The zero-order chi connectivity index (χ0) is 17.5. The molecule has 1 saturated heterocycles. The van der Waals surface area contributed by atoms with E-state index in [4.69, 9.17) is 5.73 Å². The number of pyridine rings is 2. The summed E-state index contributed by atoms with van der Waals surface area (Å²) in [5.74, 6) is 0.747. The Balaban J connectivity index is 1.47. The molecule has 1 amide bonds. The highest BCUT2D eigenvalue weighted by Crippen LogP contribution is 2.17. The molecule has 2 aromatic rings. The first-order chi connectivity index (χ1) is 12.2. The van der Waals surface area contributed by atoms with Gasteiger partial charge in [-0.15, -0.1) is 0 Å². The lowest BCUT2D eigenvalue weighted by atomic mass is 10.1. The van der Waals surface area contributed by atoms with E-state index in [0.717, 1.165) is 43.7 Å². The maximum absolute atomic E-state index is 12.5. The Morgan fingerprint density at radius 2 is 2.12 bits per heavy atom. The van der Waals surface area contributed by atoms with Crippen LogP contribution in [0.2, 0.25) is 0 Å². The van der Waals surface area contributed by atoms with Crippen LogP contribution in [0.5, 0.6) is 0 Å². The fraction of sp³-hybridized carbons (Fsp3) is 0.421. The number of nitrogens with one attached hydrogen (secondary N) is 1. The van der Waals surface area contributed by atoms with Crippen molar-refractivity contribution >= 4 is 17.4 Å². The molecule has 3 N–H and O–H groups in total. The summed E-state index contributed by atoms with van der Waals surface area (Å²) >= 11 is 0. The molecule has 0 saturated carbocycles. The number of nitrogens with two attached hydrogens (primary N) is 1. The van der Waals surface area contributed by atoms with Crippen molar-refractivity contribution in [2.45, 2.75) is 38.1 Å². The smallest absolute Gasteiger partial charge is 0.222 e. The molecule has 1 aliphatic rings. The van der Waals surface area contributed by atoms with Crippen LogP contribution in [-0.4, -0.2) is 39.9 Å². The lowest BCUT2D eigenvalue weighted by Crippen LogP contribution is -2.32. The minimum absolute atomic E-state index is 0.223. The number of aryl methyl sites for hydroxylation is 1. The van der Waals surface area contributed by atoms with Crippen molar-refractivity contribution in [3.05, 3.63) is 48.4 Å². The Labute approximate surface area is 148 Å². The second-order valence-corrected chi connectivity index (χ2v) is 6.45. The van der Waals surface area contributed by atoms with Crippen LogP contribution >= 0.6 is 0 Å². The van der Waals surface area contributed by atoms with Crippen molar-refractivity contribution in [3.63, 3.8) is 0 Å². The van der Waals surface area contributed by atoms with Gasteiger partial charge in [-0.1, -0.05) is 6.07 Å². The van der Waals surface area contributed by atoms with E-state index in [9.17, 15) is 4.79 Å². The molecule has 0 bridgehead atoms. The van der Waals surface area contributed by atoms with E-state index < -0.39 is 0 Å². The number of nitrogen functional groups attached to an aromatic ring is 1. The lowest BCUT2D eigenvalue weighted by Gasteiger charge is -2.21. The van der Waals surface area contributed by atoms with Crippen LogP contribution in [0.15, 0.2) is 42.7 Å². The van der Waals surface area contributed by atoms with Crippen molar-refractivity contribution in [1.29, 1.82) is 0 Å². The summed E-state index contributed by atoms with van der Waals surface area (Å²) in [6, 6.07) is 9.93. The molecule has 6 heteroatoms. The number of likely N-dealkylation sites (tertiary alicyclic amines) is 1. The van der Waals surface area contributed by atoms with Gasteiger partial charge in [-0.2, -0.15) is 0 Å². The number of aromatic nitrogens is 2. The molecule has 132 valence electrons. The minimum Gasteiger partial charge on any atom is -0.384 e. The lowest BCUT2D eigenvalue weighted by molar-refractivity contribution is -0.131. The van der Waals surface area contributed by atoms with Crippen LogP contribution in [0.1, 0.15) is 31.4 Å². The molecule has 1 aliphatic heterocycles. The molecule has 0 unspecified atom stereocenters.